The number of ether oxygens (including phenoxy) is 1. The molecule has 0 saturated heterocycles. The summed E-state index contributed by atoms with van der Waals surface area (Å²) in [5.74, 6) is 0.286. The topological polar surface area (TPSA) is 72.0 Å². The Morgan fingerprint density at radius 2 is 2.11 bits per heavy atom. The second kappa shape index (κ2) is 5.14. The number of aromatic nitrogens is 1. The fraction of sp³-hybridized carbons (Fsp3) is 0. The summed E-state index contributed by atoms with van der Waals surface area (Å²) in [6.07, 6.45) is 1.42. The van der Waals surface area contributed by atoms with Crippen molar-refractivity contribution in [3.8, 4) is 11.5 Å². The highest BCUT2D eigenvalue weighted by molar-refractivity contribution is 9.10. The number of hydrogen-bond donors (Lipinski definition) is 2. The van der Waals surface area contributed by atoms with Crippen LogP contribution in [0.2, 0.25) is 0 Å². The number of nitrogens with zero attached hydrogens (tertiary/aromatic N) is 1. The number of hydrogen-bond acceptors (Lipinski definition) is 3. The van der Waals surface area contributed by atoms with Crippen LogP contribution in [-0.4, -0.2) is 10.8 Å². The van der Waals surface area contributed by atoms with Crippen LogP contribution in [0.15, 0.2) is 41.0 Å². The monoisotopic (exact) mass is 309 g/mol. The van der Waals surface area contributed by atoms with Gasteiger partial charge in [-0.05, 0) is 40.2 Å². The van der Waals surface area contributed by atoms with E-state index in [9.17, 15) is 4.39 Å². The van der Waals surface area contributed by atoms with Crippen LogP contribution in [0.1, 0.15) is 5.69 Å². The smallest absolute Gasteiger partial charge is 0.145 e. The molecule has 0 aliphatic rings. The van der Waals surface area contributed by atoms with Crippen molar-refractivity contribution in [3.63, 3.8) is 0 Å². The molecule has 0 saturated carbocycles. The third kappa shape index (κ3) is 2.84. The first-order valence-corrected chi connectivity index (χ1v) is 5.79. The van der Waals surface area contributed by atoms with E-state index in [-0.39, 0.29) is 11.7 Å². The molecule has 6 heteroatoms. The number of halogens is 2. The minimum absolute atomic E-state index is 0.117. The Morgan fingerprint density at radius 3 is 2.72 bits per heavy atom. The van der Waals surface area contributed by atoms with Crippen molar-refractivity contribution in [1.82, 2.24) is 4.98 Å². The van der Waals surface area contributed by atoms with Crippen LogP contribution in [0, 0.1) is 11.2 Å². The third-order valence-electron chi connectivity index (χ3n) is 2.13. The molecule has 0 radical (unpaired) electrons. The number of pyridine rings is 1. The molecule has 0 amide bonds. The molecule has 0 atom stereocenters. The van der Waals surface area contributed by atoms with Crippen molar-refractivity contribution < 1.29 is 9.13 Å². The Bertz CT molecular complexity index is 586. The maximum Gasteiger partial charge on any atom is 0.145 e. The lowest BCUT2D eigenvalue weighted by Crippen LogP contribution is -2.12. The molecule has 0 unspecified atom stereocenters. The number of rotatable bonds is 3. The molecule has 3 N–H and O–H groups in total. The van der Waals surface area contributed by atoms with Gasteiger partial charge in [0.25, 0.3) is 0 Å². The largest absolute Gasteiger partial charge is 0.454 e. The quantitative estimate of drug-likeness (QED) is 0.676. The highest BCUT2D eigenvalue weighted by Crippen LogP contribution is 2.29. The predicted molar refractivity (Wildman–Crippen MR) is 69.4 cm³/mol. The van der Waals surface area contributed by atoms with Gasteiger partial charge in [-0.25, -0.2) is 9.37 Å². The molecule has 92 valence electrons. The summed E-state index contributed by atoms with van der Waals surface area (Å²) >= 11 is 3.26. The van der Waals surface area contributed by atoms with Gasteiger partial charge in [-0.2, -0.15) is 0 Å². The Labute approximate surface area is 111 Å². The number of amidine groups is 1. The van der Waals surface area contributed by atoms with Gasteiger partial charge in [-0.15, -0.1) is 0 Å². The molecule has 1 aromatic heterocycles. The first-order valence-electron chi connectivity index (χ1n) is 4.99. The van der Waals surface area contributed by atoms with Crippen molar-refractivity contribution in [2.45, 2.75) is 0 Å². The lowest BCUT2D eigenvalue weighted by molar-refractivity contribution is 0.471. The van der Waals surface area contributed by atoms with Crippen molar-refractivity contribution in [1.29, 1.82) is 5.41 Å². The molecule has 2 rings (SSSR count). The van der Waals surface area contributed by atoms with Crippen LogP contribution < -0.4 is 10.5 Å². The van der Waals surface area contributed by atoms with E-state index in [0.29, 0.717) is 21.7 Å². The first kappa shape index (κ1) is 12.5. The molecular formula is C12H9BrFN3O. The third-order valence-corrected chi connectivity index (χ3v) is 2.79. The first-order chi connectivity index (χ1) is 8.56. The van der Waals surface area contributed by atoms with Crippen LogP contribution >= 0.6 is 15.9 Å². The van der Waals surface area contributed by atoms with Gasteiger partial charge >= 0.3 is 0 Å². The lowest BCUT2D eigenvalue weighted by atomic mass is 10.3. The van der Waals surface area contributed by atoms with Gasteiger partial charge in [-0.1, -0.05) is 0 Å². The molecule has 0 spiro atoms. The van der Waals surface area contributed by atoms with Crippen molar-refractivity contribution in [3.05, 3.63) is 52.5 Å². The molecule has 0 aliphatic carbocycles. The number of benzene rings is 1. The minimum atomic E-state index is -0.387. The van der Waals surface area contributed by atoms with Gasteiger partial charge in [0.2, 0.25) is 0 Å². The van der Waals surface area contributed by atoms with E-state index in [1.165, 1.54) is 18.3 Å². The van der Waals surface area contributed by atoms with Crippen molar-refractivity contribution in [2.24, 2.45) is 5.73 Å². The van der Waals surface area contributed by atoms with Crippen LogP contribution in [0.25, 0.3) is 0 Å². The summed E-state index contributed by atoms with van der Waals surface area (Å²) in [4.78, 5) is 3.94. The van der Waals surface area contributed by atoms with E-state index >= 15 is 0 Å². The standard InChI is InChI=1S/C12H9BrFN3O/c13-9-3-1-7(14)5-11(9)18-8-2-4-10(12(15)16)17-6-8/h1-6H,(H3,15,16). The van der Waals surface area contributed by atoms with Crippen LogP contribution in [-0.2, 0) is 0 Å². The SMILES string of the molecule is N=C(N)c1ccc(Oc2cc(F)ccc2Br)cn1. The molecular weight excluding hydrogens is 301 g/mol. The summed E-state index contributed by atoms with van der Waals surface area (Å²) < 4.78 is 19.2. The van der Waals surface area contributed by atoms with Gasteiger partial charge < -0.3 is 10.5 Å². The number of nitrogen functional groups attached to an aromatic ring is 1. The Hall–Kier alpha value is -1.95. The molecule has 4 nitrogen and oxygen atoms in total. The van der Waals surface area contributed by atoms with E-state index in [1.807, 2.05) is 0 Å². The molecule has 0 bridgehead atoms. The second-order valence-electron chi connectivity index (χ2n) is 3.47. The van der Waals surface area contributed by atoms with Gasteiger partial charge in [0.15, 0.2) is 0 Å². The van der Waals surface area contributed by atoms with Gasteiger partial charge in [0.05, 0.1) is 10.7 Å². The number of nitrogens with two attached hydrogens (primary N) is 1. The Morgan fingerprint density at radius 1 is 1.33 bits per heavy atom. The van der Waals surface area contributed by atoms with E-state index in [4.69, 9.17) is 15.9 Å². The summed E-state index contributed by atoms with van der Waals surface area (Å²) in [7, 11) is 0. The van der Waals surface area contributed by atoms with Crippen molar-refractivity contribution >= 4 is 21.8 Å². The van der Waals surface area contributed by atoms with Crippen molar-refractivity contribution in [2.75, 3.05) is 0 Å². The molecule has 1 aromatic carbocycles. The zero-order chi connectivity index (χ0) is 13.1. The predicted octanol–water partition coefficient (Wildman–Crippen LogP) is 3.06. The maximum absolute atomic E-state index is 13.1. The van der Waals surface area contributed by atoms with Crippen LogP contribution in [0.4, 0.5) is 4.39 Å². The Kier molecular flexibility index (Phi) is 3.57. The summed E-state index contributed by atoms with van der Waals surface area (Å²) in [5.41, 5.74) is 5.64. The van der Waals surface area contributed by atoms with E-state index in [1.54, 1.807) is 18.2 Å². The average Bonchev–Trinajstić information content (AvgIpc) is 2.34. The van der Waals surface area contributed by atoms with Crippen LogP contribution in [0.3, 0.4) is 0 Å². The lowest BCUT2D eigenvalue weighted by Gasteiger charge is -2.07. The second-order valence-corrected chi connectivity index (χ2v) is 4.32. The fourth-order valence-electron chi connectivity index (χ4n) is 1.28. The van der Waals surface area contributed by atoms with Gasteiger partial charge in [-0.3, -0.25) is 5.41 Å². The maximum atomic E-state index is 13.1. The average molecular weight is 310 g/mol. The highest BCUT2D eigenvalue weighted by Gasteiger charge is 2.05. The molecule has 0 fully saturated rings. The summed E-state index contributed by atoms with van der Waals surface area (Å²) in [6, 6.07) is 7.32. The molecule has 2 aromatic rings. The molecule has 1 heterocycles. The van der Waals surface area contributed by atoms with E-state index in [0.717, 1.165) is 0 Å². The zero-order valence-corrected chi connectivity index (χ0v) is 10.7. The number of nitrogens with one attached hydrogen (secondary N) is 1. The van der Waals surface area contributed by atoms with E-state index < -0.39 is 0 Å². The van der Waals surface area contributed by atoms with Gasteiger partial charge in [0, 0.05) is 6.07 Å². The van der Waals surface area contributed by atoms with Gasteiger partial charge in [0.1, 0.15) is 28.8 Å². The Balaban J connectivity index is 2.23. The summed E-state index contributed by atoms with van der Waals surface area (Å²) in [5, 5.41) is 7.21. The molecule has 18 heavy (non-hydrogen) atoms. The minimum Gasteiger partial charge on any atom is -0.454 e. The van der Waals surface area contributed by atoms with Crippen LogP contribution in [0.5, 0.6) is 11.5 Å². The highest BCUT2D eigenvalue weighted by atomic mass is 79.9. The fourth-order valence-corrected chi connectivity index (χ4v) is 1.61. The zero-order valence-electron chi connectivity index (χ0n) is 9.15. The normalized spacial score (nSPS) is 10.1. The summed E-state index contributed by atoms with van der Waals surface area (Å²) in [6.45, 7) is 0. The molecule has 0 aliphatic heterocycles. The van der Waals surface area contributed by atoms with E-state index in [2.05, 4.69) is 20.9 Å².